The van der Waals surface area contributed by atoms with E-state index in [2.05, 4.69) is 5.32 Å². The molecule has 2 aromatic carbocycles. The summed E-state index contributed by atoms with van der Waals surface area (Å²) in [5.74, 6) is -0.814. The molecule has 1 aliphatic rings. The number of hydrogen-bond donors (Lipinski definition) is 1. The van der Waals surface area contributed by atoms with E-state index in [1.165, 1.54) is 29.2 Å². The molecule has 23 heavy (non-hydrogen) atoms. The van der Waals surface area contributed by atoms with Gasteiger partial charge in [-0.05, 0) is 35.9 Å². The Kier molecular flexibility index (Phi) is 4.30. The molecular formula is C17H14ClFN2O2. The fourth-order valence-electron chi connectivity index (χ4n) is 2.45. The SMILES string of the molecule is O=C(Cc1ccccc1Cl)N[C@@H]1CN(c2ccc(F)cc2)C1=O. The lowest BCUT2D eigenvalue weighted by atomic mass is 10.1. The van der Waals surface area contributed by atoms with Gasteiger partial charge in [0.2, 0.25) is 5.91 Å². The van der Waals surface area contributed by atoms with Crippen LogP contribution < -0.4 is 10.2 Å². The van der Waals surface area contributed by atoms with Crippen LogP contribution in [0.3, 0.4) is 0 Å². The highest BCUT2D eigenvalue weighted by molar-refractivity contribution is 6.31. The van der Waals surface area contributed by atoms with E-state index in [1.54, 1.807) is 24.3 Å². The van der Waals surface area contributed by atoms with E-state index in [0.29, 0.717) is 22.8 Å². The maximum atomic E-state index is 12.9. The maximum Gasteiger partial charge on any atom is 0.251 e. The quantitative estimate of drug-likeness (QED) is 0.875. The van der Waals surface area contributed by atoms with Crippen LogP contribution in [0.5, 0.6) is 0 Å². The summed E-state index contributed by atoms with van der Waals surface area (Å²) in [6.45, 7) is 0.374. The van der Waals surface area contributed by atoms with Crippen LogP contribution in [0.1, 0.15) is 5.56 Å². The Hall–Kier alpha value is -2.40. The highest BCUT2D eigenvalue weighted by Gasteiger charge is 2.38. The standard InChI is InChI=1S/C17H14ClFN2O2/c18-14-4-2-1-3-11(14)9-16(22)20-15-10-21(17(15)23)13-7-5-12(19)6-8-13/h1-8,15H,9-10H2,(H,20,22)/t15-/m1/s1. The van der Waals surface area contributed by atoms with Gasteiger partial charge >= 0.3 is 0 Å². The molecule has 2 amide bonds. The molecule has 4 nitrogen and oxygen atoms in total. The molecule has 1 atom stereocenters. The number of hydrogen-bond acceptors (Lipinski definition) is 2. The largest absolute Gasteiger partial charge is 0.342 e. The third-order valence-corrected chi connectivity index (χ3v) is 4.08. The average Bonchev–Trinajstić information content (AvgIpc) is 2.54. The molecule has 6 heteroatoms. The first-order valence-electron chi connectivity index (χ1n) is 7.14. The Morgan fingerprint density at radius 3 is 2.57 bits per heavy atom. The second-order valence-electron chi connectivity index (χ2n) is 5.31. The molecule has 0 aromatic heterocycles. The zero-order valence-electron chi connectivity index (χ0n) is 12.1. The van der Waals surface area contributed by atoms with Crippen LogP contribution in [0, 0.1) is 5.82 Å². The van der Waals surface area contributed by atoms with Crippen molar-refractivity contribution in [3.8, 4) is 0 Å². The van der Waals surface area contributed by atoms with Crippen LogP contribution in [0.2, 0.25) is 5.02 Å². The molecule has 1 heterocycles. The van der Waals surface area contributed by atoms with E-state index < -0.39 is 6.04 Å². The minimum atomic E-state index is -0.546. The fraction of sp³-hybridized carbons (Fsp3) is 0.176. The number of rotatable bonds is 4. The molecule has 2 aromatic rings. The Bertz CT molecular complexity index is 749. The molecular weight excluding hydrogens is 319 g/mol. The van der Waals surface area contributed by atoms with Crippen molar-refractivity contribution < 1.29 is 14.0 Å². The van der Waals surface area contributed by atoms with Crippen LogP contribution in [0.15, 0.2) is 48.5 Å². The third-order valence-electron chi connectivity index (χ3n) is 3.71. The number of anilines is 1. The highest BCUT2D eigenvalue weighted by atomic mass is 35.5. The minimum absolute atomic E-state index is 0.125. The van der Waals surface area contributed by atoms with Crippen molar-refractivity contribution in [1.29, 1.82) is 0 Å². The molecule has 0 unspecified atom stereocenters. The monoisotopic (exact) mass is 332 g/mol. The van der Waals surface area contributed by atoms with Crippen molar-refractivity contribution in [3.63, 3.8) is 0 Å². The number of halogens is 2. The average molecular weight is 333 g/mol. The van der Waals surface area contributed by atoms with Gasteiger partial charge in [0.15, 0.2) is 0 Å². The zero-order chi connectivity index (χ0) is 16.4. The van der Waals surface area contributed by atoms with Gasteiger partial charge < -0.3 is 10.2 Å². The lowest BCUT2D eigenvalue weighted by Crippen LogP contribution is -2.64. The Balaban J connectivity index is 1.56. The first-order chi connectivity index (χ1) is 11.0. The molecule has 1 saturated heterocycles. The van der Waals surface area contributed by atoms with Gasteiger partial charge in [-0.1, -0.05) is 29.8 Å². The van der Waals surface area contributed by atoms with Gasteiger partial charge in [-0.2, -0.15) is 0 Å². The topological polar surface area (TPSA) is 49.4 Å². The van der Waals surface area contributed by atoms with Gasteiger partial charge in [0.1, 0.15) is 11.9 Å². The van der Waals surface area contributed by atoms with E-state index in [9.17, 15) is 14.0 Å². The summed E-state index contributed by atoms with van der Waals surface area (Å²) in [4.78, 5) is 25.6. The zero-order valence-corrected chi connectivity index (χ0v) is 12.9. The van der Waals surface area contributed by atoms with E-state index in [1.807, 2.05) is 0 Å². The summed E-state index contributed by atoms with van der Waals surface area (Å²) in [6, 6.07) is 12.2. The van der Waals surface area contributed by atoms with Crippen LogP contribution in [-0.4, -0.2) is 24.4 Å². The predicted molar refractivity (Wildman–Crippen MR) is 85.8 cm³/mol. The fourth-order valence-corrected chi connectivity index (χ4v) is 2.65. The van der Waals surface area contributed by atoms with Gasteiger partial charge in [-0.15, -0.1) is 0 Å². The van der Waals surface area contributed by atoms with E-state index in [-0.39, 0.29) is 24.1 Å². The molecule has 1 aliphatic heterocycles. The number of amides is 2. The second-order valence-corrected chi connectivity index (χ2v) is 5.72. The van der Waals surface area contributed by atoms with Crippen molar-refractivity contribution in [2.75, 3.05) is 11.4 Å². The number of β-lactam (4-membered cyclic amide) rings is 1. The van der Waals surface area contributed by atoms with Gasteiger partial charge in [0.05, 0.1) is 13.0 Å². The highest BCUT2D eigenvalue weighted by Crippen LogP contribution is 2.22. The van der Waals surface area contributed by atoms with Gasteiger partial charge in [0, 0.05) is 10.7 Å². The molecule has 0 aliphatic carbocycles. The summed E-state index contributed by atoms with van der Waals surface area (Å²) >= 11 is 6.01. The molecule has 1 N–H and O–H groups in total. The summed E-state index contributed by atoms with van der Waals surface area (Å²) in [5.41, 5.74) is 1.34. The molecule has 0 spiro atoms. The van der Waals surface area contributed by atoms with Crippen LogP contribution in [0.25, 0.3) is 0 Å². The summed E-state index contributed by atoms with van der Waals surface area (Å²) in [7, 11) is 0. The van der Waals surface area contributed by atoms with Crippen LogP contribution in [-0.2, 0) is 16.0 Å². The van der Waals surface area contributed by atoms with Crippen molar-refractivity contribution in [2.24, 2.45) is 0 Å². The van der Waals surface area contributed by atoms with Gasteiger partial charge in [0.25, 0.3) is 5.91 Å². The first-order valence-corrected chi connectivity index (χ1v) is 7.52. The van der Waals surface area contributed by atoms with E-state index in [0.717, 1.165) is 0 Å². The summed E-state index contributed by atoms with van der Waals surface area (Å²) < 4.78 is 12.9. The minimum Gasteiger partial charge on any atom is -0.342 e. The molecule has 1 fully saturated rings. The van der Waals surface area contributed by atoms with Crippen molar-refractivity contribution in [2.45, 2.75) is 12.5 Å². The van der Waals surface area contributed by atoms with Crippen LogP contribution >= 0.6 is 11.6 Å². The number of carbonyl (C=O) groups is 2. The molecule has 0 radical (unpaired) electrons. The van der Waals surface area contributed by atoms with E-state index in [4.69, 9.17) is 11.6 Å². The lowest BCUT2D eigenvalue weighted by molar-refractivity contribution is -0.130. The van der Waals surface area contributed by atoms with Crippen molar-refractivity contribution in [3.05, 3.63) is 64.9 Å². The normalized spacial score (nSPS) is 16.9. The second kappa shape index (κ2) is 6.38. The smallest absolute Gasteiger partial charge is 0.251 e. The van der Waals surface area contributed by atoms with Gasteiger partial charge in [-0.25, -0.2) is 4.39 Å². The molecule has 0 bridgehead atoms. The predicted octanol–water partition coefficient (Wildman–Crippen LogP) is 2.55. The Morgan fingerprint density at radius 2 is 1.91 bits per heavy atom. The Morgan fingerprint density at radius 1 is 1.22 bits per heavy atom. The molecule has 3 rings (SSSR count). The summed E-state index contributed by atoms with van der Waals surface area (Å²) in [6.07, 6.45) is 0.125. The lowest BCUT2D eigenvalue weighted by Gasteiger charge is -2.38. The maximum absolute atomic E-state index is 12.9. The van der Waals surface area contributed by atoms with E-state index >= 15 is 0 Å². The van der Waals surface area contributed by atoms with Gasteiger partial charge in [-0.3, -0.25) is 9.59 Å². The van der Waals surface area contributed by atoms with Crippen molar-refractivity contribution >= 4 is 29.1 Å². The first kappa shape index (κ1) is 15.5. The number of benzene rings is 2. The number of nitrogens with zero attached hydrogens (tertiary/aromatic N) is 1. The Labute approximate surface area is 137 Å². The number of carbonyl (C=O) groups excluding carboxylic acids is 2. The molecule has 118 valence electrons. The molecule has 0 saturated carbocycles. The number of nitrogens with one attached hydrogen (secondary N) is 1. The van der Waals surface area contributed by atoms with Crippen molar-refractivity contribution in [1.82, 2.24) is 5.32 Å². The third kappa shape index (κ3) is 3.35. The summed E-state index contributed by atoms with van der Waals surface area (Å²) in [5, 5.41) is 3.21. The van der Waals surface area contributed by atoms with Crippen LogP contribution in [0.4, 0.5) is 10.1 Å².